The molecule has 3 heterocycles. The third kappa shape index (κ3) is 3.50. The lowest BCUT2D eigenvalue weighted by atomic mass is 9.92. The Morgan fingerprint density at radius 3 is 3.04 bits per heavy atom. The number of fused-ring (bicyclic) bond motifs is 1. The molecule has 2 aromatic rings. The van der Waals surface area contributed by atoms with Gasteiger partial charge in [0.1, 0.15) is 11.2 Å². The fourth-order valence-electron chi connectivity index (χ4n) is 3.28. The molecule has 0 saturated carbocycles. The molecule has 0 bridgehead atoms. The number of nitrogens with zero attached hydrogens (tertiary/aromatic N) is 4. The molecule has 1 aliphatic heterocycles. The minimum Gasteiger partial charge on any atom is -0.387 e. The predicted octanol–water partition coefficient (Wildman–Crippen LogP) is 0.373. The minimum absolute atomic E-state index is 0.0439. The second kappa shape index (κ2) is 6.62. The molecule has 24 heavy (non-hydrogen) atoms. The fourth-order valence-corrected chi connectivity index (χ4v) is 4.07. The van der Waals surface area contributed by atoms with E-state index in [1.165, 1.54) is 22.2 Å². The van der Waals surface area contributed by atoms with E-state index < -0.39 is 5.60 Å². The Labute approximate surface area is 144 Å². The Hall–Kier alpha value is -1.77. The molecule has 3 rings (SSSR count). The van der Waals surface area contributed by atoms with Crippen LogP contribution in [0, 0.1) is 0 Å². The van der Waals surface area contributed by atoms with Crippen molar-refractivity contribution in [3.05, 3.63) is 28.1 Å². The number of piperidine rings is 1. The number of amides is 1. The maximum absolute atomic E-state index is 12.6. The van der Waals surface area contributed by atoms with Crippen molar-refractivity contribution in [3.63, 3.8) is 0 Å². The first-order chi connectivity index (χ1) is 11.4. The van der Waals surface area contributed by atoms with Crippen LogP contribution in [-0.2, 0) is 11.3 Å². The highest BCUT2D eigenvalue weighted by atomic mass is 32.1. The quantitative estimate of drug-likeness (QED) is 0.862. The normalized spacial score (nSPS) is 21.6. The average Bonchev–Trinajstić information content (AvgIpc) is 2.98. The maximum atomic E-state index is 12.6. The van der Waals surface area contributed by atoms with Crippen LogP contribution in [0.4, 0.5) is 0 Å². The number of carbonyl (C=O) groups excluding carboxylic acids is 1. The highest BCUT2D eigenvalue weighted by Crippen LogP contribution is 2.22. The Bertz CT molecular complexity index is 800. The van der Waals surface area contributed by atoms with E-state index >= 15 is 0 Å². The summed E-state index contributed by atoms with van der Waals surface area (Å²) in [5.74, 6) is -0.160. The first-order valence-electron chi connectivity index (χ1n) is 7.95. The number of likely N-dealkylation sites (N-methyl/N-ethyl adjacent to an activating group) is 1. The van der Waals surface area contributed by atoms with E-state index in [0.717, 1.165) is 6.42 Å². The van der Waals surface area contributed by atoms with Crippen molar-refractivity contribution in [2.75, 3.05) is 33.7 Å². The molecule has 1 N–H and O–H groups in total. The molecule has 1 fully saturated rings. The molecule has 130 valence electrons. The molecule has 7 nitrogen and oxygen atoms in total. The van der Waals surface area contributed by atoms with Crippen molar-refractivity contribution in [3.8, 4) is 0 Å². The van der Waals surface area contributed by atoms with E-state index in [1.807, 2.05) is 24.4 Å². The van der Waals surface area contributed by atoms with Crippen molar-refractivity contribution in [2.24, 2.45) is 0 Å². The molecule has 0 spiro atoms. The van der Waals surface area contributed by atoms with Crippen molar-refractivity contribution >= 4 is 27.5 Å². The van der Waals surface area contributed by atoms with E-state index in [9.17, 15) is 14.7 Å². The summed E-state index contributed by atoms with van der Waals surface area (Å²) < 4.78 is 1.91. The number of likely N-dealkylation sites (tertiary alicyclic amines) is 1. The molecule has 2 aromatic heterocycles. The molecule has 0 radical (unpaired) electrons. The Kier molecular flexibility index (Phi) is 4.71. The lowest BCUT2D eigenvalue weighted by molar-refractivity contribution is -0.139. The van der Waals surface area contributed by atoms with Gasteiger partial charge in [0.15, 0.2) is 0 Å². The van der Waals surface area contributed by atoms with Gasteiger partial charge in [-0.15, -0.1) is 11.3 Å². The van der Waals surface area contributed by atoms with Crippen LogP contribution in [0.5, 0.6) is 0 Å². The molecule has 1 amide bonds. The number of hydrogen-bond acceptors (Lipinski definition) is 6. The molecule has 0 aromatic carbocycles. The number of carbonyl (C=O) groups is 1. The predicted molar refractivity (Wildman–Crippen MR) is 93.2 cm³/mol. The first kappa shape index (κ1) is 17.1. The SMILES string of the molecule is CN(C)C[C@]1(O)CCCN(C(=O)Cn2cnc3ccsc3c2=O)C1. The standard InChI is InChI=1S/C16H22N4O3S/c1-18(2)9-16(23)5-3-6-19(10-16)13(21)8-20-11-17-12-4-7-24-14(12)15(20)22/h4,7,11,23H,3,5-6,8-10H2,1-2H3/t16-/m1/s1. The minimum atomic E-state index is -0.891. The van der Waals surface area contributed by atoms with E-state index in [2.05, 4.69) is 4.98 Å². The van der Waals surface area contributed by atoms with Gasteiger partial charge in [0.25, 0.3) is 5.56 Å². The summed E-state index contributed by atoms with van der Waals surface area (Å²) in [6.07, 6.45) is 2.86. The van der Waals surface area contributed by atoms with Crippen LogP contribution >= 0.6 is 11.3 Å². The summed E-state index contributed by atoms with van der Waals surface area (Å²) in [6, 6.07) is 1.79. The second-order valence-electron chi connectivity index (χ2n) is 6.69. The molecule has 0 aliphatic carbocycles. The maximum Gasteiger partial charge on any atom is 0.271 e. The molecule has 1 atom stereocenters. The fraction of sp³-hybridized carbons (Fsp3) is 0.562. The van der Waals surface area contributed by atoms with Crippen molar-refractivity contribution in [2.45, 2.75) is 25.0 Å². The van der Waals surface area contributed by atoms with Gasteiger partial charge in [0.2, 0.25) is 5.91 Å². The molecular weight excluding hydrogens is 328 g/mol. The summed E-state index contributed by atoms with van der Waals surface area (Å²) in [4.78, 5) is 32.8. The number of aromatic nitrogens is 2. The van der Waals surface area contributed by atoms with Crippen LogP contribution in [0.2, 0.25) is 0 Å². The van der Waals surface area contributed by atoms with Crippen molar-refractivity contribution in [1.29, 1.82) is 0 Å². The number of hydrogen-bond donors (Lipinski definition) is 1. The van der Waals surface area contributed by atoms with Gasteiger partial charge in [-0.25, -0.2) is 4.98 Å². The highest BCUT2D eigenvalue weighted by molar-refractivity contribution is 7.17. The van der Waals surface area contributed by atoms with Gasteiger partial charge in [-0.3, -0.25) is 14.2 Å². The largest absolute Gasteiger partial charge is 0.387 e. The number of β-amino-alcohol motifs (C(OH)–C–C–N with tert-alkyl or cyclic N) is 1. The molecule has 1 saturated heterocycles. The van der Waals surface area contributed by atoms with Crippen LogP contribution in [0.3, 0.4) is 0 Å². The van der Waals surface area contributed by atoms with Gasteiger partial charge in [0, 0.05) is 13.1 Å². The van der Waals surface area contributed by atoms with E-state index in [0.29, 0.717) is 36.3 Å². The van der Waals surface area contributed by atoms with Gasteiger partial charge < -0.3 is 14.9 Å². The van der Waals surface area contributed by atoms with Crippen LogP contribution in [-0.4, -0.2) is 69.7 Å². The number of rotatable bonds is 4. The van der Waals surface area contributed by atoms with Crippen molar-refractivity contribution < 1.29 is 9.90 Å². The van der Waals surface area contributed by atoms with Gasteiger partial charge in [-0.05, 0) is 38.4 Å². The molecular formula is C16H22N4O3S. The number of thiophene rings is 1. The second-order valence-corrected chi connectivity index (χ2v) is 7.61. The average molecular weight is 350 g/mol. The summed E-state index contributed by atoms with van der Waals surface area (Å²) >= 11 is 1.33. The summed E-state index contributed by atoms with van der Waals surface area (Å²) in [5.41, 5.74) is -0.422. The van der Waals surface area contributed by atoms with E-state index in [4.69, 9.17) is 0 Å². The third-order valence-corrected chi connectivity index (χ3v) is 5.15. The lowest BCUT2D eigenvalue weighted by Gasteiger charge is -2.40. The number of aliphatic hydroxyl groups is 1. The van der Waals surface area contributed by atoms with Crippen LogP contribution in [0.25, 0.3) is 10.2 Å². The van der Waals surface area contributed by atoms with Gasteiger partial charge in [-0.1, -0.05) is 0 Å². The molecule has 1 aliphatic rings. The lowest BCUT2D eigenvalue weighted by Crippen LogP contribution is -2.55. The third-order valence-electron chi connectivity index (χ3n) is 4.26. The van der Waals surface area contributed by atoms with Gasteiger partial charge in [0.05, 0.1) is 24.0 Å². The van der Waals surface area contributed by atoms with Crippen LogP contribution < -0.4 is 5.56 Å². The summed E-state index contributed by atoms with van der Waals surface area (Å²) in [6.45, 7) is 1.38. The summed E-state index contributed by atoms with van der Waals surface area (Å²) in [5, 5.41) is 12.5. The zero-order valence-corrected chi connectivity index (χ0v) is 14.8. The Morgan fingerprint density at radius 1 is 1.50 bits per heavy atom. The van der Waals surface area contributed by atoms with Crippen LogP contribution in [0.15, 0.2) is 22.6 Å². The topological polar surface area (TPSA) is 78.7 Å². The van der Waals surface area contributed by atoms with E-state index in [1.54, 1.807) is 11.0 Å². The Morgan fingerprint density at radius 2 is 2.29 bits per heavy atom. The van der Waals surface area contributed by atoms with Crippen LogP contribution in [0.1, 0.15) is 12.8 Å². The summed E-state index contributed by atoms with van der Waals surface area (Å²) in [7, 11) is 3.81. The monoisotopic (exact) mass is 350 g/mol. The molecule has 0 unspecified atom stereocenters. The highest BCUT2D eigenvalue weighted by Gasteiger charge is 2.35. The zero-order valence-electron chi connectivity index (χ0n) is 13.9. The van der Waals surface area contributed by atoms with Gasteiger partial charge >= 0.3 is 0 Å². The smallest absolute Gasteiger partial charge is 0.271 e. The zero-order chi connectivity index (χ0) is 17.3. The van der Waals surface area contributed by atoms with Gasteiger partial charge in [-0.2, -0.15) is 0 Å². The first-order valence-corrected chi connectivity index (χ1v) is 8.83. The van der Waals surface area contributed by atoms with Crippen molar-refractivity contribution in [1.82, 2.24) is 19.4 Å². The Balaban J connectivity index is 1.74. The molecule has 8 heteroatoms. The van der Waals surface area contributed by atoms with E-state index in [-0.39, 0.29) is 18.0 Å².